The largest absolute Gasteiger partial charge is 0.504 e. The lowest BCUT2D eigenvalue weighted by molar-refractivity contribution is 0.0907. The van der Waals surface area contributed by atoms with Crippen LogP contribution in [0.15, 0.2) is 24.4 Å². The first kappa shape index (κ1) is 16.4. The fourth-order valence-electron chi connectivity index (χ4n) is 2.95. The van der Waals surface area contributed by atoms with Gasteiger partial charge in [-0.15, -0.1) is 0 Å². The lowest BCUT2D eigenvalue weighted by atomic mass is 9.95. The van der Waals surface area contributed by atoms with Gasteiger partial charge < -0.3 is 15.7 Å². The highest BCUT2D eigenvalue weighted by Crippen LogP contribution is 2.21. The first-order valence-corrected chi connectivity index (χ1v) is 8.02. The van der Waals surface area contributed by atoms with Crippen LogP contribution in [0, 0.1) is 18.7 Å². The lowest BCUT2D eigenvalue weighted by Gasteiger charge is -2.29. The fourth-order valence-corrected chi connectivity index (χ4v) is 2.95. The number of aryl methyl sites for hydroxylation is 1. The third-order valence-electron chi connectivity index (χ3n) is 4.46. The molecule has 2 aromatic rings. The third kappa shape index (κ3) is 3.26. The molecule has 1 aromatic carbocycles. The molecule has 0 bridgehead atoms. The second kappa shape index (κ2) is 6.60. The summed E-state index contributed by atoms with van der Waals surface area (Å²) >= 11 is 0. The number of hydrogen-bond donors (Lipinski definition) is 3. The van der Waals surface area contributed by atoms with E-state index in [9.17, 15) is 14.3 Å². The summed E-state index contributed by atoms with van der Waals surface area (Å²) in [5.74, 6) is -0.595. The molecule has 1 amide bonds. The number of piperidine rings is 1. The van der Waals surface area contributed by atoms with E-state index in [0.717, 1.165) is 13.0 Å². The maximum absolute atomic E-state index is 13.2. The van der Waals surface area contributed by atoms with Crippen LogP contribution in [-0.2, 0) is 0 Å². The Morgan fingerprint density at radius 3 is 3.00 bits per heavy atom. The Hall–Kier alpha value is -2.41. The molecule has 1 aromatic heterocycles. The Morgan fingerprint density at radius 1 is 1.50 bits per heavy atom. The van der Waals surface area contributed by atoms with E-state index in [1.165, 1.54) is 23.0 Å². The Bertz CT molecular complexity index is 759. The molecule has 7 heteroatoms. The van der Waals surface area contributed by atoms with Crippen molar-refractivity contribution in [3.05, 3.63) is 41.5 Å². The first-order valence-electron chi connectivity index (χ1n) is 8.02. The van der Waals surface area contributed by atoms with E-state index >= 15 is 0 Å². The lowest BCUT2D eigenvalue weighted by Crippen LogP contribution is -2.50. The summed E-state index contributed by atoms with van der Waals surface area (Å²) in [7, 11) is 0. The monoisotopic (exact) mass is 332 g/mol. The molecule has 0 saturated carbocycles. The summed E-state index contributed by atoms with van der Waals surface area (Å²) in [4.78, 5) is 12.4. The highest BCUT2D eigenvalue weighted by molar-refractivity contribution is 5.95. The predicted molar refractivity (Wildman–Crippen MR) is 87.8 cm³/mol. The number of rotatable bonds is 3. The minimum Gasteiger partial charge on any atom is -0.504 e. The maximum atomic E-state index is 13.2. The molecule has 2 unspecified atom stereocenters. The van der Waals surface area contributed by atoms with Gasteiger partial charge in [-0.2, -0.15) is 5.10 Å². The summed E-state index contributed by atoms with van der Waals surface area (Å²) in [5, 5.41) is 20.4. The predicted octanol–water partition coefficient (Wildman–Crippen LogP) is 1.75. The van der Waals surface area contributed by atoms with Crippen LogP contribution in [0.25, 0.3) is 5.69 Å². The van der Waals surface area contributed by atoms with Gasteiger partial charge >= 0.3 is 0 Å². The van der Waals surface area contributed by atoms with Crippen LogP contribution in [0.2, 0.25) is 0 Å². The van der Waals surface area contributed by atoms with Crippen molar-refractivity contribution in [1.29, 1.82) is 0 Å². The SMILES string of the molecule is Cc1cc(F)ccc1-n1cc(O)c(C(=O)NC2CNCCC2C)n1. The number of hydrogen-bond acceptors (Lipinski definition) is 4. The molecule has 1 fully saturated rings. The number of carbonyl (C=O) groups is 1. The van der Waals surface area contributed by atoms with Gasteiger partial charge in [0.15, 0.2) is 11.4 Å². The van der Waals surface area contributed by atoms with Crippen LogP contribution >= 0.6 is 0 Å². The summed E-state index contributed by atoms with van der Waals surface area (Å²) < 4.78 is 14.6. The quantitative estimate of drug-likeness (QED) is 0.800. The van der Waals surface area contributed by atoms with E-state index in [1.54, 1.807) is 13.0 Å². The van der Waals surface area contributed by atoms with Gasteiger partial charge in [0.2, 0.25) is 0 Å². The first-order chi connectivity index (χ1) is 11.5. The van der Waals surface area contributed by atoms with E-state index < -0.39 is 5.91 Å². The van der Waals surface area contributed by atoms with Gasteiger partial charge in [0.05, 0.1) is 11.9 Å². The normalized spacial score (nSPS) is 20.8. The highest BCUT2D eigenvalue weighted by atomic mass is 19.1. The third-order valence-corrected chi connectivity index (χ3v) is 4.46. The number of halogens is 1. The van der Waals surface area contributed by atoms with Crippen molar-refractivity contribution < 1.29 is 14.3 Å². The Balaban J connectivity index is 1.82. The molecular weight excluding hydrogens is 311 g/mol. The van der Waals surface area contributed by atoms with Crippen LogP contribution in [-0.4, -0.2) is 39.9 Å². The van der Waals surface area contributed by atoms with Gasteiger partial charge in [0, 0.05) is 12.6 Å². The number of nitrogens with one attached hydrogen (secondary N) is 2. The molecule has 2 heterocycles. The molecule has 0 radical (unpaired) electrons. The van der Waals surface area contributed by atoms with Crippen molar-refractivity contribution >= 4 is 5.91 Å². The summed E-state index contributed by atoms with van der Waals surface area (Å²) in [6.45, 7) is 5.47. The van der Waals surface area contributed by atoms with Gasteiger partial charge in [-0.05, 0) is 49.6 Å². The van der Waals surface area contributed by atoms with E-state index in [1.807, 2.05) is 0 Å². The minimum atomic E-state index is -0.411. The molecule has 3 N–H and O–H groups in total. The average molecular weight is 332 g/mol. The van der Waals surface area contributed by atoms with E-state index in [0.29, 0.717) is 23.7 Å². The Labute approximate surface area is 139 Å². The van der Waals surface area contributed by atoms with Crippen molar-refractivity contribution in [2.24, 2.45) is 5.92 Å². The molecule has 1 saturated heterocycles. The topological polar surface area (TPSA) is 79.2 Å². The number of carbonyl (C=O) groups excluding carboxylic acids is 1. The molecule has 1 aliphatic heterocycles. The zero-order chi connectivity index (χ0) is 17.3. The number of benzene rings is 1. The summed E-state index contributed by atoms with van der Waals surface area (Å²) in [6, 6.07) is 4.26. The average Bonchev–Trinajstić information content (AvgIpc) is 2.91. The molecule has 2 atom stereocenters. The van der Waals surface area contributed by atoms with E-state index in [4.69, 9.17) is 0 Å². The standard InChI is InChI=1S/C17H21FN4O2/c1-10-5-6-19-8-13(10)20-17(24)16-15(23)9-22(21-16)14-4-3-12(18)7-11(14)2/h3-4,7,9-10,13,19,23H,5-6,8H2,1-2H3,(H,20,24). The van der Waals surface area contributed by atoms with Crippen molar-refractivity contribution in [2.75, 3.05) is 13.1 Å². The molecule has 24 heavy (non-hydrogen) atoms. The van der Waals surface area contributed by atoms with Crippen LogP contribution in [0.1, 0.15) is 29.4 Å². The van der Waals surface area contributed by atoms with Crippen LogP contribution in [0.3, 0.4) is 0 Å². The van der Waals surface area contributed by atoms with Gasteiger partial charge in [-0.1, -0.05) is 6.92 Å². The number of nitrogens with zero attached hydrogens (tertiary/aromatic N) is 2. The zero-order valence-electron chi connectivity index (χ0n) is 13.7. The zero-order valence-corrected chi connectivity index (χ0v) is 13.7. The number of aromatic nitrogens is 2. The van der Waals surface area contributed by atoms with Gasteiger partial charge in [0.25, 0.3) is 5.91 Å². The molecule has 128 valence electrons. The van der Waals surface area contributed by atoms with Crippen LogP contribution in [0.4, 0.5) is 4.39 Å². The highest BCUT2D eigenvalue weighted by Gasteiger charge is 2.25. The van der Waals surface area contributed by atoms with E-state index in [-0.39, 0.29) is 23.3 Å². The Kier molecular flexibility index (Phi) is 4.53. The van der Waals surface area contributed by atoms with Crippen molar-refractivity contribution in [1.82, 2.24) is 20.4 Å². The molecule has 0 aliphatic carbocycles. The van der Waals surface area contributed by atoms with Gasteiger partial charge in [-0.25, -0.2) is 9.07 Å². The summed E-state index contributed by atoms with van der Waals surface area (Å²) in [5.41, 5.74) is 1.24. The van der Waals surface area contributed by atoms with E-state index in [2.05, 4.69) is 22.7 Å². The van der Waals surface area contributed by atoms with Crippen LogP contribution < -0.4 is 10.6 Å². The minimum absolute atomic E-state index is 0.00311. The summed E-state index contributed by atoms with van der Waals surface area (Å²) in [6.07, 6.45) is 2.35. The van der Waals surface area contributed by atoms with Crippen molar-refractivity contribution in [2.45, 2.75) is 26.3 Å². The van der Waals surface area contributed by atoms with Crippen molar-refractivity contribution in [3.8, 4) is 11.4 Å². The number of aromatic hydroxyl groups is 1. The smallest absolute Gasteiger partial charge is 0.275 e. The molecule has 0 spiro atoms. The van der Waals surface area contributed by atoms with Crippen molar-refractivity contribution in [3.63, 3.8) is 0 Å². The second-order valence-corrected chi connectivity index (χ2v) is 6.29. The van der Waals surface area contributed by atoms with Gasteiger partial charge in [-0.3, -0.25) is 4.79 Å². The fraction of sp³-hybridized carbons (Fsp3) is 0.412. The second-order valence-electron chi connectivity index (χ2n) is 6.29. The van der Waals surface area contributed by atoms with Crippen LogP contribution in [0.5, 0.6) is 5.75 Å². The molecule has 6 nitrogen and oxygen atoms in total. The maximum Gasteiger partial charge on any atom is 0.275 e. The Morgan fingerprint density at radius 2 is 2.29 bits per heavy atom. The molecule has 3 rings (SSSR count). The number of amides is 1. The molecular formula is C17H21FN4O2. The molecule has 1 aliphatic rings. The van der Waals surface area contributed by atoms with Gasteiger partial charge in [0.1, 0.15) is 5.82 Å².